The molecule has 334 valence electrons. The van der Waals surface area contributed by atoms with Gasteiger partial charge in [0.25, 0.3) is 0 Å². The van der Waals surface area contributed by atoms with Crippen LogP contribution in [0.15, 0.2) is 127 Å². The number of methoxy groups -OCH3 is 1. The van der Waals surface area contributed by atoms with E-state index in [4.69, 9.17) is 9.47 Å². The average molecular weight is 904 g/mol. The van der Waals surface area contributed by atoms with Gasteiger partial charge < -0.3 is 30.3 Å². The van der Waals surface area contributed by atoms with Crippen molar-refractivity contribution in [2.24, 2.45) is 11.8 Å². The Hall–Kier alpha value is -7.38. The summed E-state index contributed by atoms with van der Waals surface area (Å²) in [5.41, 5.74) is 0.960. The molecule has 9 rings (SSSR count). The van der Waals surface area contributed by atoms with Gasteiger partial charge in [0.15, 0.2) is 5.13 Å². The van der Waals surface area contributed by atoms with Crippen molar-refractivity contribution < 1.29 is 43.7 Å². The summed E-state index contributed by atoms with van der Waals surface area (Å²) in [6.45, 7) is 3.24. The van der Waals surface area contributed by atoms with Gasteiger partial charge in [-0.3, -0.25) is 19.3 Å². The van der Waals surface area contributed by atoms with Crippen LogP contribution in [0.25, 0.3) is 10.2 Å². The number of carbonyl (C=O) groups is 5. The molecule has 0 unspecified atom stereocenters. The molecule has 4 heterocycles. The van der Waals surface area contributed by atoms with E-state index in [0.717, 1.165) is 9.60 Å². The number of ether oxygens (including phenoxy) is 2. The Morgan fingerprint density at radius 3 is 2.23 bits per heavy atom. The van der Waals surface area contributed by atoms with Crippen molar-refractivity contribution in [1.29, 1.82) is 0 Å². The number of benzene rings is 5. The number of phenolic OH excluding ortho intramolecular Hbond substituents is 1. The fraction of sp³-hybridized carbons (Fsp3) is 0.255. The molecule has 14 nitrogen and oxygen atoms in total. The molecule has 0 radical (unpaired) electrons. The summed E-state index contributed by atoms with van der Waals surface area (Å²) < 4.78 is 12.4. The van der Waals surface area contributed by atoms with E-state index in [1.165, 1.54) is 30.6 Å². The zero-order valence-corrected chi connectivity index (χ0v) is 36.9. The summed E-state index contributed by atoms with van der Waals surface area (Å²) in [4.78, 5) is 83.1. The van der Waals surface area contributed by atoms with Crippen LogP contribution >= 0.6 is 11.3 Å². The molecule has 1 spiro atoms. The van der Waals surface area contributed by atoms with E-state index in [9.17, 15) is 19.8 Å². The van der Waals surface area contributed by atoms with E-state index < -0.39 is 77.3 Å². The van der Waals surface area contributed by atoms with Gasteiger partial charge in [-0.2, -0.15) is 0 Å². The van der Waals surface area contributed by atoms with Crippen molar-refractivity contribution in [3.05, 3.63) is 155 Å². The third-order valence-corrected chi connectivity index (χ3v) is 13.5. The zero-order valence-electron chi connectivity index (χ0n) is 36.1. The number of fused-ring (bicyclic) bond motifs is 4. The number of carbonyl (C=O) groups excluding carboxylic acids is 5. The number of aromatic nitrogens is 1. The molecule has 5 aromatic carbocycles. The first-order valence-electron chi connectivity index (χ1n) is 21.5. The average Bonchev–Trinajstić information content (AvgIpc) is 3.96. The Bertz CT molecular complexity index is 2880. The van der Waals surface area contributed by atoms with Gasteiger partial charge in [0.1, 0.15) is 29.4 Å². The summed E-state index contributed by atoms with van der Waals surface area (Å²) in [6.07, 6.45) is -0.817. The quantitative estimate of drug-likeness (QED) is 0.0869. The van der Waals surface area contributed by atoms with Crippen LogP contribution in [0.1, 0.15) is 66.3 Å². The highest BCUT2D eigenvalue weighted by molar-refractivity contribution is 7.22. The molecule has 4 N–H and O–H groups in total. The lowest BCUT2D eigenvalue weighted by molar-refractivity contribution is -0.177. The molecule has 0 saturated carbocycles. The number of aromatic hydroxyl groups is 1. The van der Waals surface area contributed by atoms with Crippen LogP contribution in [0.4, 0.5) is 15.6 Å². The first-order chi connectivity index (χ1) is 32.0. The van der Waals surface area contributed by atoms with E-state index in [1.807, 2.05) is 83.8 Å². The number of amides is 4. The highest BCUT2D eigenvalue weighted by atomic mass is 32.1. The number of nitrogens with zero attached hydrogens (tertiary/aromatic N) is 3. The van der Waals surface area contributed by atoms with Crippen LogP contribution in [0.2, 0.25) is 0 Å². The highest BCUT2D eigenvalue weighted by Gasteiger charge is 2.75. The number of anilines is 2. The minimum atomic E-state index is -2.14. The number of nitrogens with one attached hydrogen (secondary N) is 2. The maximum Gasteiger partial charge on any atom is 0.329 e. The molecule has 2 saturated heterocycles. The van der Waals surface area contributed by atoms with Crippen molar-refractivity contribution in [2.75, 3.05) is 23.9 Å². The number of para-hydroxylation sites is 1. The molecule has 1 aromatic heterocycles. The molecule has 3 aliphatic heterocycles. The van der Waals surface area contributed by atoms with Crippen LogP contribution in [0.5, 0.6) is 5.75 Å². The number of aliphatic hydroxyl groups is 1. The Morgan fingerprint density at radius 1 is 0.879 bits per heavy atom. The Balaban J connectivity index is 1.35. The van der Waals surface area contributed by atoms with E-state index in [0.29, 0.717) is 27.8 Å². The van der Waals surface area contributed by atoms with Gasteiger partial charge in [0.05, 0.1) is 47.6 Å². The predicted molar refractivity (Wildman–Crippen MR) is 246 cm³/mol. The third kappa shape index (κ3) is 7.42. The van der Waals surface area contributed by atoms with Crippen molar-refractivity contribution in [2.45, 2.75) is 56.0 Å². The maximum absolute atomic E-state index is 16.5. The second-order valence-electron chi connectivity index (χ2n) is 16.7. The fourth-order valence-electron chi connectivity index (χ4n) is 9.79. The van der Waals surface area contributed by atoms with Gasteiger partial charge in [-0.1, -0.05) is 122 Å². The Morgan fingerprint density at radius 2 is 1.56 bits per heavy atom. The van der Waals surface area contributed by atoms with Crippen LogP contribution in [0, 0.1) is 23.7 Å². The molecule has 4 amide bonds. The number of phenols is 1. The number of rotatable bonds is 9. The molecular weight excluding hydrogens is 859 g/mol. The second kappa shape index (κ2) is 17.9. The molecule has 0 bridgehead atoms. The number of hydrogen-bond donors (Lipinski definition) is 4. The third-order valence-electron chi connectivity index (χ3n) is 12.5. The van der Waals surface area contributed by atoms with Gasteiger partial charge in [0.2, 0.25) is 11.8 Å². The van der Waals surface area contributed by atoms with Crippen molar-refractivity contribution >= 4 is 62.2 Å². The molecule has 7 atom stereocenters. The normalized spacial score (nSPS) is 22.6. The Kier molecular flexibility index (Phi) is 11.9. The van der Waals surface area contributed by atoms with Gasteiger partial charge in [0, 0.05) is 12.0 Å². The van der Waals surface area contributed by atoms with E-state index in [2.05, 4.69) is 27.5 Å². The van der Waals surface area contributed by atoms with Crippen molar-refractivity contribution in [3.63, 3.8) is 0 Å². The van der Waals surface area contributed by atoms with Gasteiger partial charge >= 0.3 is 18.0 Å². The number of hydrogen-bond acceptors (Lipinski definition) is 12. The molecule has 2 fully saturated rings. The highest BCUT2D eigenvalue weighted by Crippen LogP contribution is 2.66. The van der Waals surface area contributed by atoms with E-state index in [1.54, 1.807) is 50.2 Å². The SMILES string of the molecule is COC(=O)[C@@H](NC(=O)N1C(=O)[C@@]2(c3cc(C#CCCO)ccc31)[C@H](C(=O)Nc1nc3ccccc3s1)[C@H]1C(=O)O[C@H](c3ccccc3)[C@H](c3ccccc3)N1[C@@H]2c1ccc(O)cc1)C(C)C. The maximum atomic E-state index is 16.5. The number of cyclic esters (lactones) is 1. The number of urea groups is 1. The molecule has 0 aliphatic carbocycles. The second-order valence-corrected chi connectivity index (χ2v) is 17.7. The molecular formula is C51H45N5O9S. The van der Waals surface area contributed by atoms with E-state index in [-0.39, 0.29) is 35.2 Å². The van der Waals surface area contributed by atoms with Crippen LogP contribution in [0.3, 0.4) is 0 Å². The van der Waals surface area contributed by atoms with Crippen LogP contribution < -0.4 is 15.5 Å². The lowest BCUT2D eigenvalue weighted by atomic mass is 9.65. The van der Waals surface area contributed by atoms with Gasteiger partial charge in [-0.25, -0.2) is 19.5 Å². The number of thiazole rings is 1. The van der Waals surface area contributed by atoms with E-state index >= 15 is 14.4 Å². The first kappa shape index (κ1) is 43.9. The topological polar surface area (TPSA) is 188 Å². The molecule has 15 heteroatoms. The summed E-state index contributed by atoms with van der Waals surface area (Å²) in [5, 5.41) is 26.3. The summed E-state index contributed by atoms with van der Waals surface area (Å²) in [7, 11) is 1.20. The molecule has 3 aliphatic rings. The van der Waals surface area contributed by atoms with Crippen molar-refractivity contribution in [1.82, 2.24) is 15.2 Å². The van der Waals surface area contributed by atoms with Crippen molar-refractivity contribution in [3.8, 4) is 17.6 Å². The monoisotopic (exact) mass is 903 g/mol. The van der Waals surface area contributed by atoms with Gasteiger partial charge in [-0.15, -0.1) is 0 Å². The minimum absolute atomic E-state index is 0.0737. The fourth-order valence-corrected chi connectivity index (χ4v) is 10.7. The predicted octanol–water partition coefficient (Wildman–Crippen LogP) is 6.95. The molecule has 6 aromatic rings. The lowest BCUT2D eigenvalue weighted by Crippen LogP contribution is -2.57. The number of morpholine rings is 1. The van der Waals surface area contributed by atoms with Crippen LogP contribution in [-0.2, 0) is 34.1 Å². The lowest BCUT2D eigenvalue weighted by Gasteiger charge is -2.46. The first-order valence-corrected chi connectivity index (χ1v) is 22.3. The largest absolute Gasteiger partial charge is 0.508 e. The standard InChI is InChI=1S/C51H45N5O9S/c1-29(2)40(46(60)64-3)53-50(63)55-37-26-21-30(14-12-13-27-57)28-35(37)51(48(55)62)39(45(59)54-49-52-36-19-10-11-20-38(36)66-49)42-47(61)65-43(32-17-8-5-9-18-32)41(31-15-6-4-7-16-31)56(42)44(51)33-22-24-34(58)25-23-33/h4-11,15-26,28-29,39-44,57-58H,13,27H2,1-3H3,(H,53,63)(H,52,54,59)/t39-,40-,41-,42-,43+,44+,51-/m0/s1. The number of aliphatic hydroxyl groups excluding tert-OH is 1. The zero-order chi connectivity index (χ0) is 46.3. The number of imide groups is 1. The summed E-state index contributed by atoms with van der Waals surface area (Å²) in [5.74, 6) is 0.679. The Labute approximate surface area is 384 Å². The summed E-state index contributed by atoms with van der Waals surface area (Å²) in [6, 6.07) is 31.2. The number of esters is 2. The smallest absolute Gasteiger partial charge is 0.329 e. The minimum Gasteiger partial charge on any atom is -0.508 e. The van der Waals surface area contributed by atoms with Crippen LogP contribution in [-0.4, -0.2) is 75.7 Å². The summed E-state index contributed by atoms with van der Waals surface area (Å²) >= 11 is 1.22. The molecule has 66 heavy (non-hydrogen) atoms. The van der Waals surface area contributed by atoms with Gasteiger partial charge in [-0.05, 0) is 70.6 Å².